The number of allylic oxidation sites excluding steroid dienone is 1. The summed E-state index contributed by atoms with van der Waals surface area (Å²) in [5, 5.41) is 0. The quantitative estimate of drug-likeness (QED) is 0.600. The number of furan rings is 1. The van der Waals surface area contributed by atoms with E-state index in [1.165, 1.54) is 16.7 Å². The van der Waals surface area contributed by atoms with Crippen LogP contribution in [-0.2, 0) is 0 Å². The van der Waals surface area contributed by atoms with E-state index in [-0.39, 0.29) is 5.78 Å². The molecule has 0 atom stereocenters. The van der Waals surface area contributed by atoms with Gasteiger partial charge in [-0.05, 0) is 68.2 Å². The van der Waals surface area contributed by atoms with Gasteiger partial charge in [0, 0.05) is 0 Å². The summed E-state index contributed by atoms with van der Waals surface area (Å²) in [6.45, 7) is 8.04. The third-order valence-electron chi connectivity index (χ3n) is 3.28. The van der Waals surface area contributed by atoms with Crippen LogP contribution in [0.4, 0.5) is 0 Å². The zero-order chi connectivity index (χ0) is 14.0. The van der Waals surface area contributed by atoms with E-state index in [1.807, 2.05) is 19.9 Å². The summed E-state index contributed by atoms with van der Waals surface area (Å²) in [5.41, 5.74) is 4.73. The van der Waals surface area contributed by atoms with E-state index in [4.69, 9.17) is 4.42 Å². The highest BCUT2D eigenvalue weighted by Gasteiger charge is 2.06. The van der Waals surface area contributed by atoms with Gasteiger partial charge in [0.25, 0.3) is 0 Å². The molecule has 0 saturated carbocycles. The Balaban J connectivity index is 2.23. The zero-order valence-electron chi connectivity index (χ0n) is 11.8. The lowest BCUT2D eigenvalue weighted by Gasteiger charge is -2.05. The number of hydrogen-bond acceptors (Lipinski definition) is 2. The maximum absolute atomic E-state index is 11.9. The predicted octanol–water partition coefficient (Wildman–Crippen LogP) is 4.41. The monoisotopic (exact) mass is 254 g/mol. The van der Waals surface area contributed by atoms with Crippen molar-refractivity contribution >= 4 is 11.9 Å². The molecule has 2 rings (SSSR count). The third kappa shape index (κ3) is 3.02. The van der Waals surface area contributed by atoms with Crippen LogP contribution in [0.3, 0.4) is 0 Å². The van der Waals surface area contributed by atoms with Crippen LogP contribution in [-0.4, -0.2) is 5.78 Å². The summed E-state index contributed by atoms with van der Waals surface area (Å²) in [6.07, 6.45) is 3.41. The second kappa shape index (κ2) is 5.27. The highest BCUT2D eigenvalue weighted by molar-refractivity contribution is 6.05. The van der Waals surface area contributed by atoms with Crippen LogP contribution in [0, 0.1) is 27.7 Å². The van der Waals surface area contributed by atoms with Crippen LogP contribution < -0.4 is 0 Å². The predicted molar refractivity (Wildman–Crippen MR) is 77.5 cm³/mol. The molecule has 0 aliphatic heterocycles. The van der Waals surface area contributed by atoms with Crippen molar-refractivity contribution in [3.63, 3.8) is 0 Å². The van der Waals surface area contributed by atoms with E-state index in [9.17, 15) is 4.79 Å². The second-order valence-electron chi connectivity index (χ2n) is 4.90. The SMILES string of the molecule is Cc1ccc(C(=O)/C=C/c2cc(C)c(C)cc2C)o1. The van der Waals surface area contributed by atoms with Gasteiger partial charge in [0.05, 0.1) is 0 Å². The Morgan fingerprint density at radius 3 is 2.32 bits per heavy atom. The van der Waals surface area contributed by atoms with Crippen LogP contribution in [0.25, 0.3) is 6.08 Å². The summed E-state index contributed by atoms with van der Waals surface area (Å²) < 4.78 is 5.31. The summed E-state index contributed by atoms with van der Waals surface area (Å²) in [4.78, 5) is 11.9. The van der Waals surface area contributed by atoms with Crippen LogP contribution in [0.2, 0.25) is 0 Å². The molecule has 0 unspecified atom stereocenters. The van der Waals surface area contributed by atoms with Crippen molar-refractivity contribution in [2.45, 2.75) is 27.7 Å². The molecule has 1 aromatic carbocycles. The number of benzene rings is 1. The minimum Gasteiger partial charge on any atom is -0.458 e. The van der Waals surface area contributed by atoms with Gasteiger partial charge in [-0.1, -0.05) is 18.2 Å². The Kier molecular flexibility index (Phi) is 3.70. The Labute approximate surface area is 113 Å². The first-order valence-electron chi connectivity index (χ1n) is 6.34. The molecule has 98 valence electrons. The van der Waals surface area contributed by atoms with Gasteiger partial charge in [-0.15, -0.1) is 0 Å². The summed E-state index contributed by atoms with van der Waals surface area (Å²) >= 11 is 0. The Bertz CT molecular complexity index is 645. The molecular weight excluding hydrogens is 236 g/mol. The van der Waals surface area contributed by atoms with E-state index in [0.717, 1.165) is 11.3 Å². The van der Waals surface area contributed by atoms with Crippen LogP contribution >= 0.6 is 0 Å². The average Bonchev–Trinajstić information content (AvgIpc) is 2.78. The van der Waals surface area contributed by atoms with E-state index in [1.54, 1.807) is 18.2 Å². The topological polar surface area (TPSA) is 30.2 Å². The number of hydrogen-bond donors (Lipinski definition) is 0. The van der Waals surface area contributed by atoms with Crippen molar-refractivity contribution in [2.24, 2.45) is 0 Å². The number of aryl methyl sites for hydroxylation is 4. The third-order valence-corrected chi connectivity index (χ3v) is 3.28. The highest BCUT2D eigenvalue weighted by Crippen LogP contribution is 2.17. The maximum atomic E-state index is 11.9. The van der Waals surface area contributed by atoms with Crippen molar-refractivity contribution in [2.75, 3.05) is 0 Å². The molecule has 19 heavy (non-hydrogen) atoms. The molecule has 0 aliphatic carbocycles. The molecule has 2 aromatic rings. The minimum absolute atomic E-state index is 0.106. The van der Waals surface area contributed by atoms with E-state index >= 15 is 0 Å². The zero-order valence-corrected chi connectivity index (χ0v) is 11.8. The number of rotatable bonds is 3. The first-order valence-corrected chi connectivity index (χ1v) is 6.34. The van der Waals surface area contributed by atoms with Gasteiger partial charge in [0.2, 0.25) is 5.78 Å². The molecule has 1 heterocycles. The molecule has 0 aliphatic rings. The molecule has 2 heteroatoms. The first-order chi connectivity index (χ1) is 8.97. The van der Waals surface area contributed by atoms with Crippen molar-refractivity contribution in [1.82, 2.24) is 0 Å². The Morgan fingerprint density at radius 2 is 1.68 bits per heavy atom. The van der Waals surface area contributed by atoms with Gasteiger partial charge in [-0.3, -0.25) is 4.79 Å². The lowest BCUT2D eigenvalue weighted by atomic mass is 10.0. The smallest absolute Gasteiger partial charge is 0.221 e. The van der Waals surface area contributed by atoms with Gasteiger partial charge in [0.1, 0.15) is 5.76 Å². The van der Waals surface area contributed by atoms with Crippen molar-refractivity contribution in [1.29, 1.82) is 0 Å². The van der Waals surface area contributed by atoms with Crippen LogP contribution in [0.15, 0.2) is 34.8 Å². The van der Waals surface area contributed by atoms with Crippen LogP contribution in [0.5, 0.6) is 0 Å². The molecule has 1 aromatic heterocycles. The molecule has 0 saturated heterocycles. The number of ketones is 1. The molecule has 0 N–H and O–H groups in total. The summed E-state index contributed by atoms with van der Waals surface area (Å²) in [6, 6.07) is 7.73. The number of carbonyl (C=O) groups excluding carboxylic acids is 1. The van der Waals surface area contributed by atoms with Crippen molar-refractivity contribution in [3.8, 4) is 0 Å². The lowest BCUT2D eigenvalue weighted by Crippen LogP contribution is -1.92. The maximum Gasteiger partial charge on any atom is 0.221 e. The van der Waals surface area contributed by atoms with Gasteiger partial charge >= 0.3 is 0 Å². The van der Waals surface area contributed by atoms with Crippen molar-refractivity contribution < 1.29 is 9.21 Å². The fourth-order valence-electron chi connectivity index (χ4n) is 1.98. The largest absolute Gasteiger partial charge is 0.458 e. The van der Waals surface area contributed by atoms with E-state index in [0.29, 0.717) is 5.76 Å². The Morgan fingerprint density at radius 1 is 1.00 bits per heavy atom. The first kappa shape index (κ1) is 13.3. The minimum atomic E-state index is -0.106. The van der Waals surface area contributed by atoms with E-state index in [2.05, 4.69) is 26.0 Å². The van der Waals surface area contributed by atoms with Gasteiger partial charge in [0.15, 0.2) is 5.76 Å². The second-order valence-corrected chi connectivity index (χ2v) is 4.90. The average molecular weight is 254 g/mol. The van der Waals surface area contributed by atoms with Crippen LogP contribution in [0.1, 0.15) is 38.6 Å². The molecule has 2 nitrogen and oxygen atoms in total. The molecular formula is C17H18O2. The highest BCUT2D eigenvalue weighted by atomic mass is 16.3. The molecule has 0 amide bonds. The Hall–Kier alpha value is -2.09. The fourth-order valence-corrected chi connectivity index (χ4v) is 1.98. The lowest BCUT2D eigenvalue weighted by molar-refractivity contribution is 0.102. The molecule has 0 bridgehead atoms. The molecule has 0 radical (unpaired) electrons. The van der Waals surface area contributed by atoms with Gasteiger partial charge < -0.3 is 4.42 Å². The van der Waals surface area contributed by atoms with Gasteiger partial charge in [-0.25, -0.2) is 0 Å². The number of carbonyl (C=O) groups is 1. The fraction of sp³-hybridized carbons (Fsp3) is 0.235. The summed E-state index contributed by atoms with van der Waals surface area (Å²) in [7, 11) is 0. The van der Waals surface area contributed by atoms with Gasteiger partial charge in [-0.2, -0.15) is 0 Å². The normalized spacial score (nSPS) is 11.2. The van der Waals surface area contributed by atoms with Crippen molar-refractivity contribution in [3.05, 3.63) is 64.1 Å². The summed E-state index contributed by atoms with van der Waals surface area (Å²) in [5.74, 6) is 1.03. The standard InChI is InChI=1S/C17H18O2/c1-11-9-13(3)15(10-12(11)2)6-7-16(18)17-8-5-14(4)19-17/h5-10H,1-4H3/b7-6+. The molecule has 0 spiro atoms. The molecule has 0 fully saturated rings. The van der Waals surface area contributed by atoms with E-state index < -0.39 is 0 Å².